The van der Waals surface area contributed by atoms with Gasteiger partial charge in [-0.25, -0.2) is 14.1 Å². The summed E-state index contributed by atoms with van der Waals surface area (Å²) in [5, 5.41) is 6.28. The summed E-state index contributed by atoms with van der Waals surface area (Å²) >= 11 is 0. The van der Waals surface area contributed by atoms with Crippen molar-refractivity contribution in [1.82, 2.24) is 24.6 Å². The van der Waals surface area contributed by atoms with Crippen molar-refractivity contribution in [2.75, 3.05) is 6.54 Å². The second-order valence-electron chi connectivity index (χ2n) is 6.92. The summed E-state index contributed by atoms with van der Waals surface area (Å²) in [6, 6.07) is 11.3. The Hall–Kier alpha value is -3.69. The zero-order valence-electron chi connectivity index (χ0n) is 16.3. The Morgan fingerprint density at radius 1 is 1.10 bits per heavy atom. The Bertz CT molecular complexity index is 1240. The maximum atomic E-state index is 13.4. The van der Waals surface area contributed by atoms with E-state index in [2.05, 4.69) is 15.4 Å². The minimum Gasteiger partial charge on any atom is -0.352 e. The van der Waals surface area contributed by atoms with Gasteiger partial charge in [-0.05, 0) is 42.5 Å². The predicted molar refractivity (Wildman–Crippen MR) is 105 cm³/mol. The molecule has 1 amide bonds. The number of hydrogen-bond donors (Lipinski definition) is 1. The van der Waals surface area contributed by atoms with Crippen LogP contribution in [0.25, 0.3) is 16.7 Å². The lowest BCUT2D eigenvalue weighted by Crippen LogP contribution is -2.26. The van der Waals surface area contributed by atoms with Crippen molar-refractivity contribution in [3.63, 3.8) is 0 Å². The van der Waals surface area contributed by atoms with E-state index in [0.29, 0.717) is 35.6 Å². The topological polar surface area (TPSA) is 64.7 Å². The smallest absolute Gasteiger partial charge is 0.352 e. The average Bonchev–Trinajstić information content (AvgIpc) is 3.34. The van der Waals surface area contributed by atoms with Crippen LogP contribution in [0.15, 0.2) is 54.7 Å². The van der Waals surface area contributed by atoms with Gasteiger partial charge in [0.2, 0.25) is 0 Å². The molecule has 0 aliphatic rings. The molecule has 4 aromatic rings. The van der Waals surface area contributed by atoms with Gasteiger partial charge in [0.05, 0.1) is 16.7 Å². The highest BCUT2D eigenvalue weighted by Crippen LogP contribution is 2.27. The summed E-state index contributed by atoms with van der Waals surface area (Å²) in [6.07, 6.45) is -2.86. The Labute approximate surface area is 174 Å². The molecule has 0 bridgehead atoms. The number of hydrogen-bond acceptors (Lipinski definition) is 3. The van der Waals surface area contributed by atoms with E-state index in [-0.39, 0.29) is 11.7 Å². The van der Waals surface area contributed by atoms with Crippen LogP contribution in [0.2, 0.25) is 0 Å². The van der Waals surface area contributed by atoms with Gasteiger partial charge in [0.1, 0.15) is 11.6 Å². The summed E-state index contributed by atoms with van der Waals surface area (Å²) in [5.41, 5.74) is 1.12. The molecular formula is C21H17F4N5O. The molecule has 1 N–H and O–H groups in total. The first kappa shape index (κ1) is 20.6. The number of rotatable bonds is 5. The number of alkyl halides is 3. The fourth-order valence-electron chi connectivity index (χ4n) is 3.22. The Morgan fingerprint density at radius 2 is 1.84 bits per heavy atom. The quantitative estimate of drug-likeness (QED) is 0.488. The van der Waals surface area contributed by atoms with Gasteiger partial charge < -0.3 is 9.88 Å². The average molecular weight is 431 g/mol. The molecule has 10 heteroatoms. The number of imidazole rings is 1. The number of carbonyl (C=O) groups is 1. The van der Waals surface area contributed by atoms with Crippen molar-refractivity contribution in [2.45, 2.75) is 12.6 Å². The molecule has 0 saturated carbocycles. The van der Waals surface area contributed by atoms with Crippen LogP contribution in [-0.4, -0.2) is 31.8 Å². The first-order chi connectivity index (χ1) is 14.7. The van der Waals surface area contributed by atoms with Crippen molar-refractivity contribution in [1.29, 1.82) is 0 Å². The molecule has 0 saturated heterocycles. The highest BCUT2D eigenvalue weighted by Gasteiger charge is 2.33. The molecule has 0 aliphatic carbocycles. The number of nitrogens with one attached hydrogen (secondary N) is 1. The third-order valence-corrected chi connectivity index (χ3v) is 4.84. The molecule has 6 nitrogen and oxygen atoms in total. The summed E-state index contributed by atoms with van der Waals surface area (Å²) in [7, 11) is 1.82. The lowest BCUT2D eigenvalue weighted by atomic mass is 10.2. The van der Waals surface area contributed by atoms with Gasteiger partial charge in [-0.15, -0.1) is 0 Å². The number of fused-ring (bicyclic) bond motifs is 1. The van der Waals surface area contributed by atoms with Gasteiger partial charge in [-0.2, -0.15) is 18.3 Å². The molecule has 0 atom stereocenters. The molecule has 2 heterocycles. The Morgan fingerprint density at radius 3 is 2.52 bits per heavy atom. The second kappa shape index (κ2) is 7.86. The van der Waals surface area contributed by atoms with Crippen LogP contribution >= 0.6 is 0 Å². The lowest BCUT2D eigenvalue weighted by molar-refractivity contribution is -0.141. The molecule has 31 heavy (non-hydrogen) atoms. The lowest BCUT2D eigenvalue weighted by Gasteiger charge is -2.07. The van der Waals surface area contributed by atoms with E-state index in [1.54, 1.807) is 6.07 Å². The van der Waals surface area contributed by atoms with Crippen molar-refractivity contribution < 1.29 is 22.4 Å². The van der Waals surface area contributed by atoms with Gasteiger partial charge in [-0.1, -0.05) is 0 Å². The first-order valence-electron chi connectivity index (χ1n) is 9.35. The number of halogens is 4. The molecule has 2 aromatic heterocycles. The van der Waals surface area contributed by atoms with Crippen LogP contribution in [-0.2, 0) is 19.6 Å². The van der Waals surface area contributed by atoms with E-state index in [9.17, 15) is 22.4 Å². The highest BCUT2D eigenvalue weighted by molar-refractivity contribution is 5.94. The zero-order chi connectivity index (χ0) is 22.2. The summed E-state index contributed by atoms with van der Waals surface area (Å²) in [6.45, 7) is 0.314. The molecule has 0 spiro atoms. The normalized spacial score (nSPS) is 11.8. The first-order valence-corrected chi connectivity index (χ1v) is 9.35. The molecule has 0 unspecified atom stereocenters. The van der Waals surface area contributed by atoms with Crippen LogP contribution in [0.3, 0.4) is 0 Å². The van der Waals surface area contributed by atoms with Crippen LogP contribution < -0.4 is 5.32 Å². The minimum atomic E-state index is -4.52. The molecule has 160 valence electrons. The van der Waals surface area contributed by atoms with Gasteiger partial charge >= 0.3 is 6.18 Å². The zero-order valence-corrected chi connectivity index (χ0v) is 16.3. The summed E-state index contributed by atoms with van der Waals surface area (Å²) in [4.78, 5) is 16.7. The highest BCUT2D eigenvalue weighted by atomic mass is 19.4. The van der Waals surface area contributed by atoms with Crippen molar-refractivity contribution >= 4 is 16.9 Å². The number of nitrogens with zero attached hydrogens (tertiary/aromatic N) is 4. The number of benzene rings is 2. The third-order valence-electron chi connectivity index (χ3n) is 4.84. The van der Waals surface area contributed by atoms with Crippen LogP contribution in [0.1, 0.15) is 21.9 Å². The van der Waals surface area contributed by atoms with Crippen LogP contribution in [0, 0.1) is 5.82 Å². The van der Waals surface area contributed by atoms with Gasteiger partial charge in [0, 0.05) is 37.8 Å². The van der Waals surface area contributed by atoms with Gasteiger partial charge in [0.25, 0.3) is 5.91 Å². The minimum absolute atomic E-state index is 0.314. The van der Waals surface area contributed by atoms with E-state index >= 15 is 0 Å². The molecule has 0 radical (unpaired) electrons. The molecule has 0 fully saturated rings. The third kappa shape index (κ3) is 4.27. The fraction of sp³-hybridized carbons (Fsp3) is 0.190. The number of aromatic nitrogens is 4. The van der Waals surface area contributed by atoms with Crippen molar-refractivity contribution in [2.24, 2.45) is 7.05 Å². The maximum absolute atomic E-state index is 13.4. The standard InChI is InChI=1S/C21H17F4N5O/c1-29-17-7-4-14(22)12-16(17)27-19(29)8-10-26-20(31)13-2-5-15(6-3-13)30-11-9-18(28-30)21(23,24)25/h2-7,9,11-12H,8,10H2,1H3,(H,26,31). The van der Waals surface area contributed by atoms with Crippen LogP contribution in [0.4, 0.5) is 17.6 Å². The Balaban J connectivity index is 1.38. The second-order valence-corrected chi connectivity index (χ2v) is 6.92. The van der Waals surface area contributed by atoms with E-state index in [0.717, 1.165) is 16.3 Å². The van der Waals surface area contributed by atoms with Crippen molar-refractivity contribution in [3.05, 3.63) is 77.6 Å². The summed E-state index contributed by atoms with van der Waals surface area (Å²) in [5.74, 6) is 0.0156. The van der Waals surface area contributed by atoms with Crippen LogP contribution in [0.5, 0.6) is 0 Å². The SMILES string of the molecule is Cn1c(CCNC(=O)c2ccc(-n3ccc(C(F)(F)F)n3)cc2)nc2cc(F)ccc21. The van der Waals surface area contributed by atoms with E-state index in [4.69, 9.17) is 0 Å². The predicted octanol–water partition coefficient (Wildman–Crippen LogP) is 3.89. The van der Waals surface area contributed by atoms with Crippen molar-refractivity contribution in [3.8, 4) is 5.69 Å². The number of amides is 1. The maximum Gasteiger partial charge on any atom is 0.435 e. The van der Waals surface area contributed by atoms with E-state index < -0.39 is 11.9 Å². The molecule has 0 aliphatic heterocycles. The van der Waals surface area contributed by atoms with E-state index in [1.165, 1.54) is 42.6 Å². The molecule has 2 aromatic carbocycles. The Kier molecular flexibility index (Phi) is 5.22. The fourth-order valence-corrected chi connectivity index (χ4v) is 3.22. The van der Waals surface area contributed by atoms with Gasteiger partial charge in [0.15, 0.2) is 5.69 Å². The number of carbonyl (C=O) groups excluding carboxylic acids is 1. The van der Waals surface area contributed by atoms with E-state index in [1.807, 2.05) is 11.6 Å². The molecular weight excluding hydrogens is 414 g/mol. The largest absolute Gasteiger partial charge is 0.435 e. The number of aryl methyl sites for hydroxylation is 1. The molecule has 4 rings (SSSR count). The monoisotopic (exact) mass is 431 g/mol. The summed E-state index contributed by atoms with van der Waals surface area (Å²) < 4.78 is 54.3. The van der Waals surface area contributed by atoms with Gasteiger partial charge in [-0.3, -0.25) is 4.79 Å².